The van der Waals surface area contributed by atoms with Crippen molar-refractivity contribution >= 4 is 11.3 Å². The summed E-state index contributed by atoms with van der Waals surface area (Å²) in [6.45, 7) is 0.917. The summed E-state index contributed by atoms with van der Waals surface area (Å²) in [6, 6.07) is 10.0. The molecule has 5 nitrogen and oxygen atoms in total. The fraction of sp³-hybridized carbons (Fsp3) is 0.438. The number of benzene rings is 1. The van der Waals surface area contributed by atoms with Crippen molar-refractivity contribution in [2.45, 2.75) is 30.9 Å². The van der Waals surface area contributed by atoms with Gasteiger partial charge in [-0.1, -0.05) is 30.3 Å². The molecular weight excluding hydrogens is 300 g/mol. The quantitative estimate of drug-likeness (QED) is 0.881. The predicted molar refractivity (Wildman–Crippen MR) is 84.4 cm³/mol. The lowest BCUT2D eigenvalue weighted by molar-refractivity contribution is -0.275. The fourth-order valence-corrected chi connectivity index (χ4v) is 3.44. The number of methoxy groups -OCH3 is 1. The largest absolute Gasteiger partial charge is 0.389 e. The molecule has 0 radical (unpaired) electrons. The third-order valence-electron chi connectivity index (χ3n) is 3.94. The molecule has 0 amide bonds. The zero-order valence-corrected chi connectivity index (χ0v) is 13.3. The lowest BCUT2D eigenvalue weighted by atomic mass is 9.97. The van der Waals surface area contributed by atoms with Crippen molar-refractivity contribution in [3.05, 3.63) is 52.5 Å². The summed E-state index contributed by atoms with van der Waals surface area (Å²) in [4.78, 5) is 4.32. The van der Waals surface area contributed by atoms with Crippen LogP contribution in [0.2, 0.25) is 0 Å². The van der Waals surface area contributed by atoms with Crippen molar-refractivity contribution in [1.29, 1.82) is 0 Å². The van der Waals surface area contributed by atoms with Crippen molar-refractivity contribution < 1.29 is 14.6 Å². The van der Waals surface area contributed by atoms with Gasteiger partial charge in [-0.05, 0) is 5.56 Å². The molecule has 2 N–H and O–H groups in total. The second kappa shape index (κ2) is 6.85. The van der Waals surface area contributed by atoms with Crippen LogP contribution in [-0.2, 0) is 21.8 Å². The van der Waals surface area contributed by atoms with Crippen molar-refractivity contribution in [3.63, 3.8) is 0 Å². The van der Waals surface area contributed by atoms with E-state index in [4.69, 9.17) is 9.47 Å². The lowest BCUT2D eigenvalue weighted by Crippen LogP contribution is -2.54. The van der Waals surface area contributed by atoms with E-state index in [-0.39, 0.29) is 12.6 Å². The van der Waals surface area contributed by atoms with E-state index in [1.54, 1.807) is 13.3 Å². The zero-order chi connectivity index (χ0) is 15.4. The van der Waals surface area contributed by atoms with Crippen molar-refractivity contribution in [2.75, 3.05) is 13.7 Å². The number of aliphatic hydroxyl groups excluding tert-OH is 1. The number of thiazole rings is 1. The summed E-state index contributed by atoms with van der Waals surface area (Å²) >= 11 is 1.50. The van der Waals surface area contributed by atoms with Gasteiger partial charge in [0.15, 0.2) is 5.01 Å². The van der Waals surface area contributed by atoms with E-state index in [1.807, 2.05) is 23.6 Å². The summed E-state index contributed by atoms with van der Waals surface area (Å²) in [5, 5.41) is 16.3. The molecule has 1 aromatic carbocycles. The van der Waals surface area contributed by atoms with Crippen LogP contribution in [0.15, 0.2) is 41.9 Å². The Morgan fingerprint density at radius 3 is 2.95 bits per heavy atom. The SMILES string of the molecule is CO[C@@]1(c2nccs2)C[C@H](NCc2ccccc2)[C@H](O)CO1. The first kappa shape index (κ1) is 15.6. The minimum Gasteiger partial charge on any atom is -0.389 e. The first-order valence-corrected chi connectivity index (χ1v) is 8.16. The number of hydrogen-bond acceptors (Lipinski definition) is 6. The van der Waals surface area contributed by atoms with Gasteiger partial charge in [0.1, 0.15) is 0 Å². The average molecular weight is 320 g/mol. The highest BCUT2D eigenvalue weighted by Crippen LogP contribution is 2.37. The molecule has 0 spiro atoms. The molecule has 0 bridgehead atoms. The van der Waals surface area contributed by atoms with E-state index >= 15 is 0 Å². The van der Waals surface area contributed by atoms with Crippen LogP contribution >= 0.6 is 11.3 Å². The molecule has 2 heterocycles. The maximum Gasteiger partial charge on any atom is 0.223 e. The highest BCUT2D eigenvalue weighted by molar-refractivity contribution is 7.09. The summed E-state index contributed by atoms with van der Waals surface area (Å²) in [5.74, 6) is -0.873. The second-order valence-corrected chi connectivity index (χ2v) is 6.24. The molecular formula is C16H20N2O3S. The summed E-state index contributed by atoms with van der Waals surface area (Å²) in [6.07, 6.45) is 1.69. The Bertz CT molecular complexity index is 578. The van der Waals surface area contributed by atoms with Gasteiger partial charge in [-0.3, -0.25) is 0 Å². The van der Waals surface area contributed by atoms with E-state index in [2.05, 4.69) is 22.4 Å². The first-order chi connectivity index (χ1) is 10.7. The molecule has 3 atom stereocenters. The Hall–Kier alpha value is -1.31. The number of aromatic nitrogens is 1. The van der Waals surface area contributed by atoms with Gasteiger partial charge in [-0.2, -0.15) is 0 Å². The van der Waals surface area contributed by atoms with Crippen molar-refractivity contribution in [3.8, 4) is 0 Å². The van der Waals surface area contributed by atoms with Gasteiger partial charge in [0, 0.05) is 37.7 Å². The van der Waals surface area contributed by atoms with Crippen molar-refractivity contribution in [1.82, 2.24) is 10.3 Å². The highest BCUT2D eigenvalue weighted by atomic mass is 32.1. The van der Waals surface area contributed by atoms with E-state index in [1.165, 1.54) is 16.9 Å². The molecule has 0 saturated carbocycles. The molecule has 1 saturated heterocycles. The van der Waals surface area contributed by atoms with Gasteiger partial charge in [-0.25, -0.2) is 4.98 Å². The standard InChI is InChI=1S/C16H20N2O3S/c1-20-16(15-17-7-8-22-15)9-13(14(19)11-21-16)18-10-12-5-3-2-4-6-12/h2-8,13-14,18-19H,9-11H2,1H3/t13-,14+,16-/m0/s1. The van der Waals surface area contributed by atoms with Crippen LogP contribution in [-0.4, -0.2) is 36.0 Å². The Morgan fingerprint density at radius 2 is 2.27 bits per heavy atom. The Balaban J connectivity index is 1.70. The van der Waals surface area contributed by atoms with Crippen LogP contribution in [0.25, 0.3) is 0 Å². The maximum atomic E-state index is 10.2. The number of hydrogen-bond donors (Lipinski definition) is 2. The van der Waals surface area contributed by atoms with E-state index in [0.717, 1.165) is 5.01 Å². The predicted octanol–water partition coefficient (Wildman–Crippen LogP) is 1.88. The minimum atomic E-state index is -0.873. The van der Waals surface area contributed by atoms with Crippen LogP contribution in [0, 0.1) is 0 Å². The van der Waals surface area contributed by atoms with E-state index in [9.17, 15) is 5.11 Å². The summed E-state index contributed by atoms with van der Waals surface area (Å²) in [5.41, 5.74) is 1.18. The molecule has 2 aromatic rings. The van der Waals surface area contributed by atoms with Crippen LogP contribution in [0.3, 0.4) is 0 Å². The smallest absolute Gasteiger partial charge is 0.223 e. The van der Waals surface area contributed by atoms with Gasteiger partial charge < -0.3 is 19.9 Å². The second-order valence-electron chi connectivity index (χ2n) is 5.35. The monoisotopic (exact) mass is 320 g/mol. The van der Waals surface area contributed by atoms with Crippen LogP contribution < -0.4 is 5.32 Å². The van der Waals surface area contributed by atoms with Gasteiger partial charge in [-0.15, -0.1) is 11.3 Å². The Morgan fingerprint density at radius 1 is 1.45 bits per heavy atom. The molecule has 6 heteroatoms. The molecule has 118 valence electrons. The molecule has 1 fully saturated rings. The lowest BCUT2D eigenvalue weighted by Gasteiger charge is -2.41. The normalized spacial score (nSPS) is 28.6. The number of nitrogens with one attached hydrogen (secondary N) is 1. The number of ether oxygens (including phenoxy) is 2. The molecule has 1 aliphatic heterocycles. The molecule has 0 unspecified atom stereocenters. The van der Waals surface area contributed by atoms with Crippen molar-refractivity contribution in [2.24, 2.45) is 0 Å². The fourth-order valence-electron chi connectivity index (χ4n) is 2.66. The Labute approximate surface area is 133 Å². The average Bonchev–Trinajstić information content (AvgIpc) is 3.10. The molecule has 0 aliphatic carbocycles. The van der Waals surface area contributed by atoms with Gasteiger partial charge >= 0.3 is 0 Å². The molecule has 1 aromatic heterocycles. The van der Waals surface area contributed by atoms with Crippen LogP contribution in [0.1, 0.15) is 17.0 Å². The molecule has 3 rings (SSSR count). The van der Waals surface area contributed by atoms with Crippen LogP contribution in [0.4, 0.5) is 0 Å². The van der Waals surface area contributed by atoms with Crippen LogP contribution in [0.5, 0.6) is 0 Å². The zero-order valence-electron chi connectivity index (χ0n) is 12.4. The number of nitrogens with zero attached hydrogens (tertiary/aromatic N) is 1. The van der Waals surface area contributed by atoms with E-state index < -0.39 is 11.9 Å². The number of rotatable bonds is 5. The summed E-state index contributed by atoms with van der Waals surface area (Å²) in [7, 11) is 1.62. The topological polar surface area (TPSA) is 63.6 Å². The maximum absolute atomic E-state index is 10.2. The number of aliphatic hydroxyl groups is 1. The third-order valence-corrected chi connectivity index (χ3v) is 4.84. The van der Waals surface area contributed by atoms with E-state index in [0.29, 0.717) is 13.0 Å². The summed E-state index contributed by atoms with van der Waals surface area (Å²) < 4.78 is 11.4. The molecule has 1 aliphatic rings. The minimum absolute atomic E-state index is 0.113. The third kappa shape index (κ3) is 3.21. The Kier molecular flexibility index (Phi) is 4.85. The first-order valence-electron chi connectivity index (χ1n) is 7.28. The highest BCUT2D eigenvalue weighted by Gasteiger charge is 2.45. The van der Waals surface area contributed by atoms with Gasteiger partial charge in [0.25, 0.3) is 0 Å². The van der Waals surface area contributed by atoms with Gasteiger partial charge in [0.05, 0.1) is 12.7 Å². The van der Waals surface area contributed by atoms with Gasteiger partial charge in [0.2, 0.25) is 5.79 Å². The molecule has 22 heavy (non-hydrogen) atoms.